The third-order valence-electron chi connectivity index (χ3n) is 11.4. The number of hydrogen-bond acceptors (Lipinski definition) is 1. The molecule has 1 atom stereocenters. The lowest BCUT2D eigenvalue weighted by Gasteiger charge is -2.40. The minimum Gasteiger partial charge on any atom is -0.310 e. The van der Waals surface area contributed by atoms with E-state index in [-0.39, 0.29) is 0 Å². The lowest BCUT2D eigenvalue weighted by molar-refractivity contribution is 0.773. The fourth-order valence-electron chi connectivity index (χ4n) is 9.24. The van der Waals surface area contributed by atoms with E-state index in [0.29, 0.717) is 0 Å². The van der Waals surface area contributed by atoms with E-state index in [2.05, 4.69) is 205 Å². The van der Waals surface area contributed by atoms with Gasteiger partial charge in [0.25, 0.3) is 0 Å². The number of hydrogen-bond donors (Lipinski definition) is 0. The summed E-state index contributed by atoms with van der Waals surface area (Å²) in [5.74, 6) is 0. The van der Waals surface area contributed by atoms with Crippen LogP contribution in [-0.2, 0) is 5.41 Å². The molecule has 0 saturated heterocycles. The largest absolute Gasteiger partial charge is 0.310 e. The van der Waals surface area contributed by atoms with Crippen molar-refractivity contribution in [2.75, 3.05) is 4.90 Å². The van der Waals surface area contributed by atoms with Crippen molar-refractivity contribution in [3.63, 3.8) is 0 Å². The molecule has 0 fully saturated rings. The standard InChI is InChI=1S/C51H33N/c1-3-12-34(13-4-1)36-22-26-40(27-23-36)52(41-28-24-35-14-7-8-15-38(35)32-41)42-29-31-48-46(33-42)44-20-11-16-37-25-30-45-43-19-9-10-21-47(43)51(48,50(45)49(37)44)39-17-5-2-6-18-39/h1-33H. The summed E-state index contributed by atoms with van der Waals surface area (Å²) in [7, 11) is 0. The average molecular weight is 660 g/mol. The molecule has 0 radical (unpaired) electrons. The summed E-state index contributed by atoms with van der Waals surface area (Å²) in [6, 6.07) is 74.0. The predicted molar refractivity (Wildman–Crippen MR) is 218 cm³/mol. The predicted octanol–water partition coefficient (Wildman–Crippen LogP) is 13.5. The number of fused-ring (bicyclic) bond motifs is 7. The van der Waals surface area contributed by atoms with Gasteiger partial charge < -0.3 is 4.90 Å². The number of nitrogens with zero attached hydrogens (tertiary/aromatic N) is 1. The molecule has 2 aliphatic carbocycles. The fourth-order valence-corrected chi connectivity index (χ4v) is 9.24. The van der Waals surface area contributed by atoms with Crippen molar-refractivity contribution in [3.05, 3.63) is 222 Å². The van der Waals surface area contributed by atoms with Crippen molar-refractivity contribution >= 4 is 38.6 Å². The topological polar surface area (TPSA) is 3.24 Å². The molecule has 0 saturated carbocycles. The third kappa shape index (κ3) is 4.05. The van der Waals surface area contributed by atoms with Gasteiger partial charge >= 0.3 is 0 Å². The normalized spacial score (nSPS) is 15.0. The van der Waals surface area contributed by atoms with Gasteiger partial charge in [-0.3, -0.25) is 0 Å². The van der Waals surface area contributed by atoms with Crippen molar-refractivity contribution in [3.8, 4) is 33.4 Å². The first kappa shape index (κ1) is 29.1. The Labute approximate surface area is 303 Å². The van der Waals surface area contributed by atoms with Gasteiger partial charge in [0.05, 0.1) is 5.41 Å². The second-order valence-corrected chi connectivity index (χ2v) is 14.1. The first-order valence-electron chi connectivity index (χ1n) is 18.1. The monoisotopic (exact) mass is 659 g/mol. The highest BCUT2D eigenvalue weighted by atomic mass is 15.1. The van der Waals surface area contributed by atoms with Crippen LogP contribution in [0.25, 0.3) is 54.9 Å². The molecule has 2 aliphatic rings. The summed E-state index contributed by atoms with van der Waals surface area (Å²) < 4.78 is 0. The molecular formula is C51H33N. The van der Waals surface area contributed by atoms with Crippen molar-refractivity contribution in [1.82, 2.24) is 0 Å². The van der Waals surface area contributed by atoms with E-state index < -0.39 is 5.41 Å². The zero-order valence-electron chi connectivity index (χ0n) is 28.5. The van der Waals surface area contributed by atoms with Gasteiger partial charge in [-0.15, -0.1) is 0 Å². The average Bonchev–Trinajstić information content (AvgIpc) is 3.53. The number of benzene rings is 9. The summed E-state index contributed by atoms with van der Waals surface area (Å²) in [4.78, 5) is 2.42. The van der Waals surface area contributed by atoms with Gasteiger partial charge in [-0.1, -0.05) is 164 Å². The molecule has 0 N–H and O–H groups in total. The van der Waals surface area contributed by atoms with Crippen molar-refractivity contribution in [2.24, 2.45) is 0 Å². The minimum absolute atomic E-state index is 0.431. The fraction of sp³-hybridized carbons (Fsp3) is 0.0196. The molecule has 52 heavy (non-hydrogen) atoms. The molecule has 0 amide bonds. The van der Waals surface area contributed by atoms with Crippen LogP contribution in [0.2, 0.25) is 0 Å². The van der Waals surface area contributed by atoms with Gasteiger partial charge in [-0.2, -0.15) is 0 Å². The molecule has 0 aliphatic heterocycles. The SMILES string of the molecule is c1ccc(-c2ccc(N(c3ccc4c(c3)-c3cccc5ccc6c(c35)C4(c3ccccc3)c3ccccc3-6)c3ccc4ccccc4c3)cc2)cc1. The lowest BCUT2D eigenvalue weighted by atomic mass is 9.62. The van der Waals surface area contributed by atoms with Crippen LogP contribution in [0.5, 0.6) is 0 Å². The smallest absolute Gasteiger partial charge is 0.0725 e. The van der Waals surface area contributed by atoms with Crippen LogP contribution in [0.4, 0.5) is 17.1 Å². The van der Waals surface area contributed by atoms with Gasteiger partial charge in [0.2, 0.25) is 0 Å². The van der Waals surface area contributed by atoms with Gasteiger partial charge in [-0.25, -0.2) is 0 Å². The van der Waals surface area contributed by atoms with Gasteiger partial charge in [-0.05, 0) is 114 Å². The van der Waals surface area contributed by atoms with Crippen molar-refractivity contribution in [2.45, 2.75) is 5.41 Å². The van der Waals surface area contributed by atoms with Gasteiger partial charge in [0, 0.05) is 17.1 Å². The summed E-state index contributed by atoms with van der Waals surface area (Å²) in [5.41, 5.74) is 16.0. The van der Waals surface area contributed by atoms with E-state index in [4.69, 9.17) is 0 Å². The van der Waals surface area contributed by atoms with Gasteiger partial charge in [0.1, 0.15) is 0 Å². The van der Waals surface area contributed by atoms with Crippen LogP contribution < -0.4 is 4.90 Å². The van der Waals surface area contributed by atoms with Crippen LogP contribution in [0.1, 0.15) is 22.3 Å². The van der Waals surface area contributed by atoms with Crippen LogP contribution >= 0.6 is 0 Å². The van der Waals surface area contributed by atoms with E-state index in [1.807, 2.05) is 0 Å². The van der Waals surface area contributed by atoms with Crippen LogP contribution in [-0.4, -0.2) is 0 Å². The lowest BCUT2D eigenvalue weighted by Crippen LogP contribution is -2.31. The first-order valence-corrected chi connectivity index (χ1v) is 18.1. The summed E-state index contributed by atoms with van der Waals surface area (Å²) in [5, 5.41) is 5.10. The zero-order chi connectivity index (χ0) is 34.2. The highest BCUT2D eigenvalue weighted by Gasteiger charge is 2.50. The molecule has 11 rings (SSSR count). The zero-order valence-corrected chi connectivity index (χ0v) is 28.5. The molecule has 0 aromatic heterocycles. The quantitative estimate of drug-likeness (QED) is 0.178. The van der Waals surface area contributed by atoms with E-state index in [0.717, 1.165) is 17.1 Å². The molecule has 1 heteroatoms. The molecule has 0 spiro atoms. The first-order chi connectivity index (χ1) is 25.8. The van der Waals surface area contributed by atoms with Crippen LogP contribution in [0.3, 0.4) is 0 Å². The van der Waals surface area contributed by atoms with Crippen LogP contribution in [0, 0.1) is 0 Å². The molecule has 9 aromatic rings. The van der Waals surface area contributed by atoms with Crippen molar-refractivity contribution in [1.29, 1.82) is 0 Å². The highest BCUT2D eigenvalue weighted by Crippen LogP contribution is 2.63. The second kappa shape index (κ2) is 11.2. The van der Waals surface area contributed by atoms with E-state index in [9.17, 15) is 0 Å². The summed E-state index contributed by atoms with van der Waals surface area (Å²) in [6.07, 6.45) is 0. The summed E-state index contributed by atoms with van der Waals surface area (Å²) >= 11 is 0. The molecule has 242 valence electrons. The number of anilines is 3. The molecule has 0 bridgehead atoms. The van der Waals surface area contributed by atoms with Crippen molar-refractivity contribution < 1.29 is 0 Å². The molecular weight excluding hydrogens is 627 g/mol. The highest BCUT2D eigenvalue weighted by molar-refractivity contribution is 6.11. The third-order valence-corrected chi connectivity index (χ3v) is 11.4. The Morgan fingerprint density at radius 1 is 0.327 bits per heavy atom. The molecule has 9 aromatic carbocycles. The van der Waals surface area contributed by atoms with Crippen LogP contribution in [0.15, 0.2) is 200 Å². The maximum absolute atomic E-state index is 2.45. The maximum atomic E-state index is 2.45. The van der Waals surface area contributed by atoms with Gasteiger partial charge in [0.15, 0.2) is 0 Å². The Morgan fingerprint density at radius 2 is 0.923 bits per heavy atom. The Bertz CT molecular complexity index is 2830. The molecule has 1 unspecified atom stereocenters. The van der Waals surface area contributed by atoms with E-state index >= 15 is 0 Å². The summed E-state index contributed by atoms with van der Waals surface area (Å²) in [6.45, 7) is 0. The molecule has 1 nitrogen and oxygen atoms in total. The Hall–Kier alpha value is -6.70. The number of rotatable bonds is 5. The Balaban J connectivity index is 1.19. The Kier molecular flexibility index (Phi) is 6.23. The van der Waals surface area contributed by atoms with E-state index in [1.54, 1.807) is 0 Å². The second-order valence-electron chi connectivity index (χ2n) is 14.1. The maximum Gasteiger partial charge on any atom is 0.0725 e. The van der Waals surface area contributed by atoms with E-state index in [1.165, 1.54) is 77.2 Å². The Morgan fingerprint density at radius 3 is 1.77 bits per heavy atom. The molecule has 0 heterocycles. The minimum atomic E-state index is -0.431.